The summed E-state index contributed by atoms with van der Waals surface area (Å²) in [5, 5.41) is 0. The molecule has 0 radical (unpaired) electrons. The molecule has 6 rings (SSSR count). The van der Waals surface area contributed by atoms with Gasteiger partial charge in [0.15, 0.2) is 0 Å². The van der Waals surface area contributed by atoms with Gasteiger partial charge in [-0.3, -0.25) is 9.59 Å². The minimum atomic E-state index is -0.946. The van der Waals surface area contributed by atoms with Crippen molar-refractivity contribution < 1.29 is 19.1 Å². The van der Waals surface area contributed by atoms with E-state index in [0.29, 0.717) is 5.69 Å². The first-order chi connectivity index (χ1) is 11.2. The average Bonchev–Trinajstić information content (AvgIpc) is 3.34. The molecule has 0 N–H and O–H groups in total. The van der Waals surface area contributed by atoms with E-state index in [-0.39, 0.29) is 11.8 Å². The summed E-state index contributed by atoms with van der Waals surface area (Å²) in [5.74, 6) is -0.384. The highest BCUT2D eigenvalue weighted by Gasteiger charge is 2.89. The van der Waals surface area contributed by atoms with Crippen LogP contribution in [0.3, 0.4) is 0 Å². The maximum atomic E-state index is 13.5. The number of fused-ring (bicyclic) bond motifs is 4. The van der Waals surface area contributed by atoms with Crippen molar-refractivity contribution in [2.75, 3.05) is 4.90 Å². The first-order valence-electron chi connectivity index (χ1n) is 7.84. The number of para-hydroxylation sites is 1. The molecule has 23 heavy (non-hydrogen) atoms. The minimum Gasteiger partial charge on any atom is -0.364 e. The van der Waals surface area contributed by atoms with Gasteiger partial charge in [0.05, 0.1) is 30.1 Å². The Labute approximate surface area is 132 Å². The third-order valence-electron chi connectivity index (χ3n) is 6.12. The van der Waals surface area contributed by atoms with Crippen molar-refractivity contribution in [2.45, 2.75) is 24.4 Å². The third-order valence-corrected chi connectivity index (χ3v) is 6.12. The first-order valence-corrected chi connectivity index (χ1v) is 7.84. The number of hydrogen-bond acceptors (Lipinski definition) is 4. The van der Waals surface area contributed by atoms with Gasteiger partial charge in [-0.05, 0) is 12.1 Å². The number of carbonyl (C=O) groups excluding carboxylic acids is 2. The van der Waals surface area contributed by atoms with Gasteiger partial charge < -0.3 is 9.47 Å². The van der Waals surface area contributed by atoms with Gasteiger partial charge in [0.1, 0.15) is 10.8 Å². The molecule has 114 valence electrons. The van der Waals surface area contributed by atoms with E-state index in [4.69, 9.17) is 9.47 Å². The van der Waals surface area contributed by atoms with Crippen LogP contribution >= 0.6 is 0 Å². The summed E-state index contributed by atoms with van der Waals surface area (Å²) in [6, 6.07) is 9.14. The standard InChI is InChI=1S/C18H13NO4/c20-15-17-11-6-7-12(22-11)18(17,14-9-8-13(17)23-14)16(21)19(15)10-4-2-1-3-5-10/h1-9,11-14H/t11-,12+,13+,14-,17?,18?. The minimum absolute atomic E-state index is 0.192. The van der Waals surface area contributed by atoms with Gasteiger partial charge >= 0.3 is 0 Å². The van der Waals surface area contributed by atoms with E-state index in [1.165, 1.54) is 4.90 Å². The second kappa shape index (κ2) is 3.47. The fourth-order valence-electron chi connectivity index (χ4n) is 5.32. The topological polar surface area (TPSA) is 55.8 Å². The number of imide groups is 1. The lowest BCUT2D eigenvalue weighted by Crippen LogP contribution is -2.56. The molecule has 6 atom stereocenters. The molecule has 2 amide bonds. The van der Waals surface area contributed by atoms with E-state index in [0.717, 1.165) is 0 Å². The first kappa shape index (κ1) is 12.2. The monoisotopic (exact) mass is 307 g/mol. The zero-order valence-corrected chi connectivity index (χ0v) is 12.1. The molecule has 0 aliphatic carbocycles. The van der Waals surface area contributed by atoms with E-state index in [9.17, 15) is 9.59 Å². The second-order valence-corrected chi connectivity index (χ2v) is 6.74. The predicted octanol–water partition coefficient (Wildman–Crippen LogP) is 1.21. The number of hydrogen-bond donors (Lipinski definition) is 0. The van der Waals surface area contributed by atoms with Crippen LogP contribution in [0.4, 0.5) is 5.69 Å². The molecule has 1 aromatic carbocycles. The summed E-state index contributed by atoms with van der Waals surface area (Å²) < 4.78 is 12.0. The Hall–Kier alpha value is -2.24. The lowest BCUT2D eigenvalue weighted by Gasteiger charge is -2.37. The highest BCUT2D eigenvalue weighted by Crippen LogP contribution is 2.72. The van der Waals surface area contributed by atoms with Crippen molar-refractivity contribution in [2.24, 2.45) is 10.8 Å². The highest BCUT2D eigenvalue weighted by atomic mass is 16.6. The van der Waals surface area contributed by atoms with E-state index in [1.807, 2.05) is 42.5 Å². The van der Waals surface area contributed by atoms with Crippen molar-refractivity contribution in [1.29, 1.82) is 0 Å². The summed E-state index contributed by atoms with van der Waals surface area (Å²) >= 11 is 0. The lowest BCUT2D eigenvalue weighted by atomic mass is 9.54. The summed E-state index contributed by atoms with van der Waals surface area (Å²) in [6.07, 6.45) is 6.10. The number of ether oxygens (including phenoxy) is 2. The van der Waals surface area contributed by atoms with E-state index >= 15 is 0 Å². The van der Waals surface area contributed by atoms with Gasteiger partial charge in [-0.2, -0.15) is 0 Å². The van der Waals surface area contributed by atoms with Crippen LogP contribution in [0.25, 0.3) is 0 Å². The average molecular weight is 307 g/mol. The zero-order chi connectivity index (χ0) is 15.4. The number of nitrogens with zero attached hydrogens (tertiary/aromatic N) is 1. The molecule has 5 heteroatoms. The van der Waals surface area contributed by atoms with Gasteiger partial charge in [-0.1, -0.05) is 42.5 Å². The van der Waals surface area contributed by atoms with E-state index < -0.39 is 35.2 Å². The fraction of sp³-hybridized carbons (Fsp3) is 0.333. The highest BCUT2D eigenvalue weighted by molar-refractivity contribution is 6.27. The lowest BCUT2D eigenvalue weighted by molar-refractivity contribution is -0.132. The molecule has 5 nitrogen and oxygen atoms in total. The zero-order valence-electron chi connectivity index (χ0n) is 12.1. The maximum Gasteiger partial charge on any atom is 0.247 e. The van der Waals surface area contributed by atoms with Gasteiger partial charge in [0.25, 0.3) is 0 Å². The van der Waals surface area contributed by atoms with Crippen molar-refractivity contribution in [3.63, 3.8) is 0 Å². The number of rotatable bonds is 1. The summed E-state index contributed by atoms with van der Waals surface area (Å²) in [4.78, 5) is 28.3. The van der Waals surface area contributed by atoms with E-state index in [2.05, 4.69) is 0 Å². The molecular formula is C18H13NO4. The molecule has 5 aliphatic rings. The number of benzene rings is 1. The quantitative estimate of drug-likeness (QED) is 0.578. The third kappa shape index (κ3) is 0.956. The van der Waals surface area contributed by atoms with Crippen LogP contribution in [0, 0.1) is 10.8 Å². The van der Waals surface area contributed by atoms with Crippen LogP contribution in [-0.2, 0) is 19.1 Å². The Morgan fingerprint density at radius 3 is 1.61 bits per heavy atom. The molecule has 0 aromatic heterocycles. The maximum absolute atomic E-state index is 13.5. The van der Waals surface area contributed by atoms with Crippen LogP contribution in [0.2, 0.25) is 0 Å². The van der Waals surface area contributed by atoms with Crippen molar-refractivity contribution in [3.05, 3.63) is 54.6 Å². The van der Waals surface area contributed by atoms with Crippen molar-refractivity contribution >= 4 is 17.5 Å². The van der Waals surface area contributed by atoms with E-state index in [1.54, 1.807) is 12.1 Å². The molecule has 5 heterocycles. The number of carbonyl (C=O) groups is 2. The van der Waals surface area contributed by atoms with Crippen LogP contribution in [0.1, 0.15) is 0 Å². The largest absolute Gasteiger partial charge is 0.364 e. The van der Waals surface area contributed by atoms with Crippen LogP contribution in [0.15, 0.2) is 54.6 Å². The molecule has 3 saturated heterocycles. The summed E-state index contributed by atoms with van der Waals surface area (Å²) in [7, 11) is 0. The van der Waals surface area contributed by atoms with Gasteiger partial charge in [0.2, 0.25) is 11.8 Å². The fourth-order valence-corrected chi connectivity index (χ4v) is 5.32. The smallest absolute Gasteiger partial charge is 0.247 e. The number of anilines is 1. The van der Waals surface area contributed by atoms with Gasteiger partial charge in [-0.15, -0.1) is 0 Å². The molecule has 4 bridgehead atoms. The predicted molar refractivity (Wildman–Crippen MR) is 79.4 cm³/mol. The molecular weight excluding hydrogens is 294 g/mol. The Morgan fingerprint density at radius 2 is 1.17 bits per heavy atom. The van der Waals surface area contributed by atoms with Gasteiger partial charge in [0, 0.05) is 0 Å². The Balaban J connectivity index is 1.64. The molecule has 1 aromatic rings. The Kier molecular flexibility index (Phi) is 1.84. The summed E-state index contributed by atoms with van der Waals surface area (Å²) in [5.41, 5.74) is -1.27. The van der Waals surface area contributed by atoms with Crippen molar-refractivity contribution in [1.82, 2.24) is 0 Å². The normalized spacial score (nSPS) is 47.7. The van der Waals surface area contributed by atoms with Gasteiger partial charge in [-0.25, -0.2) is 4.90 Å². The Bertz CT molecular complexity index is 753. The Morgan fingerprint density at radius 1 is 0.739 bits per heavy atom. The molecule has 0 saturated carbocycles. The molecule has 5 aliphatic heterocycles. The molecule has 2 unspecified atom stereocenters. The molecule has 0 spiro atoms. The van der Waals surface area contributed by atoms with Crippen LogP contribution in [-0.4, -0.2) is 36.2 Å². The van der Waals surface area contributed by atoms with Crippen molar-refractivity contribution in [3.8, 4) is 0 Å². The second-order valence-electron chi connectivity index (χ2n) is 6.74. The van der Waals surface area contributed by atoms with Crippen LogP contribution in [0.5, 0.6) is 0 Å². The SMILES string of the molecule is O=C1N(c2ccccc2)C(=O)C23[C@@H]4C=C[C@@H](O4)C12[C@@H]1C=C[C@H]3O1. The summed E-state index contributed by atoms with van der Waals surface area (Å²) in [6.45, 7) is 0. The number of amides is 2. The van der Waals surface area contributed by atoms with Crippen LogP contribution < -0.4 is 4.90 Å². The molecule has 3 fully saturated rings.